The van der Waals surface area contributed by atoms with Crippen molar-refractivity contribution in [2.45, 2.75) is 19.0 Å². The molecule has 0 fully saturated rings. The lowest BCUT2D eigenvalue weighted by molar-refractivity contribution is -0.136. The van der Waals surface area contributed by atoms with E-state index in [1.807, 2.05) is 0 Å². The Hall–Kier alpha value is -1.28. The first-order valence-electron chi connectivity index (χ1n) is 4.61. The van der Waals surface area contributed by atoms with Gasteiger partial charge in [0.15, 0.2) is 0 Å². The van der Waals surface area contributed by atoms with Crippen molar-refractivity contribution in [1.29, 1.82) is 0 Å². The van der Waals surface area contributed by atoms with Gasteiger partial charge in [-0.15, -0.1) is 0 Å². The van der Waals surface area contributed by atoms with Crippen molar-refractivity contribution in [2.24, 2.45) is 5.84 Å². The summed E-state index contributed by atoms with van der Waals surface area (Å²) < 4.78 is 40.5. The van der Waals surface area contributed by atoms with Gasteiger partial charge in [0, 0.05) is 6.42 Å². The molecule has 0 spiro atoms. The highest BCUT2D eigenvalue weighted by Crippen LogP contribution is 2.24. The summed E-state index contributed by atoms with van der Waals surface area (Å²) in [5.74, 6) is 5.12. The van der Waals surface area contributed by atoms with Gasteiger partial charge >= 0.3 is 6.18 Å². The molecule has 0 saturated carbocycles. The maximum atomic E-state index is 11.8. The van der Waals surface area contributed by atoms with Gasteiger partial charge in [0.2, 0.25) is 11.8 Å². The molecule has 0 radical (unpaired) electrons. The van der Waals surface area contributed by atoms with E-state index in [-0.39, 0.29) is 29.9 Å². The number of nitrogens with two attached hydrogens (primary N) is 1. The Kier molecular flexibility index (Phi) is 4.76. The SMILES string of the molecule is NNc1ncc(Cl)c(OCCCC(F)(F)F)n1. The Balaban J connectivity index is 2.46. The molecule has 1 aromatic heterocycles. The van der Waals surface area contributed by atoms with Crippen LogP contribution in [0.2, 0.25) is 5.02 Å². The molecule has 0 aliphatic carbocycles. The average Bonchev–Trinajstić information content (AvgIpc) is 2.25. The van der Waals surface area contributed by atoms with Gasteiger partial charge in [-0.1, -0.05) is 11.6 Å². The first kappa shape index (κ1) is 13.8. The number of nitrogens with one attached hydrogen (secondary N) is 1. The first-order chi connectivity index (χ1) is 7.92. The number of hydrogen-bond acceptors (Lipinski definition) is 5. The van der Waals surface area contributed by atoms with Gasteiger partial charge in [0.25, 0.3) is 0 Å². The molecule has 0 bridgehead atoms. The topological polar surface area (TPSA) is 73.1 Å². The number of hydrogen-bond donors (Lipinski definition) is 2. The number of alkyl halides is 3. The molecule has 1 heterocycles. The minimum Gasteiger partial charge on any atom is -0.476 e. The number of nitrogen functional groups attached to an aromatic ring is 1. The second kappa shape index (κ2) is 5.87. The minimum absolute atomic E-state index is 0.00297. The van der Waals surface area contributed by atoms with Crippen LogP contribution >= 0.6 is 11.6 Å². The number of rotatable bonds is 5. The van der Waals surface area contributed by atoms with E-state index >= 15 is 0 Å². The molecule has 1 aromatic rings. The van der Waals surface area contributed by atoms with Gasteiger partial charge in [-0.05, 0) is 6.42 Å². The fraction of sp³-hybridized carbons (Fsp3) is 0.500. The molecule has 0 unspecified atom stereocenters. The average molecular weight is 271 g/mol. The van der Waals surface area contributed by atoms with E-state index in [1.54, 1.807) is 0 Å². The van der Waals surface area contributed by atoms with E-state index in [0.29, 0.717) is 0 Å². The molecule has 0 aliphatic rings. The van der Waals surface area contributed by atoms with Crippen molar-refractivity contribution in [3.63, 3.8) is 0 Å². The summed E-state index contributed by atoms with van der Waals surface area (Å²) in [5.41, 5.74) is 2.17. The van der Waals surface area contributed by atoms with Gasteiger partial charge in [-0.2, -0.15) is 18.2 Å². The van der Waals surface area contributed by atoms with E-state index in [0.717, 1.165) is 0 Å². The van der Waals surface area contributed by atoms with Crippen molar-refractivity contribution in [1.82, 2.24) is 9.97 Å². The molecular formula is C8H10ClF3N4O. The quantitative estimate of drug-likeness (QED) is 0.487. The molecule has 0 saturated heterocycles. The summed E-state index contributed by atoms with van der Waals surface area (Å²) in [6.07, 6.45) is -4.04. The highest BCUT2D eigenvalue weighted by Gasteiger charge is 2.26. The third-order valence-corrected chi connectivity index (χ3v) is 1.94. The molecule has 0 aromatic carbocycles. The Labute approximate surface area is 100 Å². The molecule has 5 nitrogen and oxygen atoms in total. The summed E-state index contributed by atoms with van der Waals surface area (Å²) in [4.78, 5) is 7.43. The Morgan fingerprint density at radius 2 is 2.18 bits per heavy atom. The van der Waals surface area contributed by atoms with Crippen LogP contribution in [-0.2, 0) is 0 Å². The molecule has 9 heteroatoms. The molecular weight excluding hydrogens is 261 g/mol. The Morgan fingerprint density at radius 1 is 1.47 bits per heavy atom. The van der Waals surface area contributed by atoms with Crippen molar-refractivity contribution in [3.05, 3.63) is 11.2 Å². The summed E-state index contributed by atoms with van der Waals surface area (Å²) in [6.45, 7) is -0.139. The molecule has 3 N–H and O–H groups in total. The van der Waals surface area contributed by atoms with Crippen molar-refractivity contribution in [3.8, 4) is 5.88 Å². The third-order valence-electron chi connectivity index (χ3n) is 1.68. The number of halogens is 4. The number of ether oxygens (including phenoxy) is 1. The van der Waals surface area contributed by atoms with Crippen LogP contribution in [0.25, 0.3) is 0 Å². The van der Waals surface area contributed by atoms with Crippen LogP contribution in [0.4, 0.5) is 19.1 Å². The normalized spacial score (nSPS) is 11.4. The minimum atomic E-state index is -4.19. The zero-order valence-electron chi connectivity index (χ0n) is 8.59. The van der Waals surface area contributed by atoms with E-state index in [1.165, 1.54) is 6.20 Å². The lowest BCUT2D eigenvalue weighted by atomic mass is 10.3. The lowest BCUT2D eigenvalue weighted by Crippen LogP contribution is -2.12. The van der Waals surface area contributed by atoms with Crippen LogP contribution in [0, 0.1) is 0 Å². The van der Waals surface area contributed by atoms with Crippen molar-refractivity contribution < 1.29 is 17.9 Å². The predicted molar refractivity (Wildman–Crippen MR) is 55.6 cm³/mol. The van der Waals surface area contributed by atoms with Crippen LogP contribution < -0.4 is 16.0 Å². The third kappa shape index (κ3) is 5.05. The fourth-order valence-corrected chi connectivity index (χ4v) is 1.11. The summed E-state index contributed by atoms with van der Waals surface area (Å²) in [5, 5.41) is 0.107. The summed E-state index contributed by atoms with van der Waals surface area (Å²) in [6, 6.07) is 0. The summed E-state index contributed by atoms with van der Waals surface area (Å²) >= 11 is 5.68. The molecule has 1 rings (SSSR count). The second-order valence-corrected chi connectivity index (χ2v) is 3.47. The highest BCUT2D eigenvalue weighted by molar-refractivity contribution is 6.31. The zero-order chi connectivity index (χ0) is 12.9. The summed E-state index contributed by atoms with van der Waals surface area (Å²) in [7, 11) is 0. The largest absolute Gasteiger partial charge is 0.476 e. The Morgan fingerprint density at radius 3 is 2.76 bits per heavy atom. The maximum absolute atomic E-state index is 11.8. The van der Waals surface area contributed by atoms with Crippen LogP contribution in [-0.4, -0.2) is 22.8 Å². The molecule has 0 atom stereocenters. The van der Waals surface area contributed by atoms with E-state index < -0.39 is 12.6 Å². The number of nitrogens with zero attached hydrogens (tertiary/aromatic N) is 2. The predicted octanol–water partition coefficient (Wildman–Crippen LogP) is 2.14. The highest BCUT2D eigenvalue weighted by atomic mass is 35.5. The first-order valence-corrected chi connectivity index (χ1v) is 4.99. The monoisotopic (exact) mass is 270 g/mol. The number of aromatic nitrogens is 2. The second-order valence-electron chi connectivity index (χ2n) is 3.06. The van der Waals surface area contributed by atoms with E-state index in [9.17, 15) is 13.2 Å². The zero-order valence-corrected chi connectivity index (χ0v) is 9.35. The van der Waals surface area contributed by atoms with Gasteiger partial charge in [0.1, 0.15) is 5.02 Å². The smallest absolute Gasteiger partial charge is 0.389 e. The van der Waals surface area contributed by atoms with Crippen molar-refractivity contribution in [2.75, 3.05) is 12.0 Å². The van der Waals surface area contributed by atoms with Crippen LogP contribution in [0.1, 0.15) is 12.8 Å². The van der Waals surface area contributed by atoms with Gasteiger partial charge in [-0.25, -0.2) is 10.8 Å². The fourth-order valence-electron chi connectivity index (χ4n) is 0.964. The number of anilines is 1. The Bertz CT molecular complexity index is 374. The van der Waals surface area contributed by atoms with Crippen molar-refractivity contribution >= 4 is 17.5 Å². The van der Waals surface area contributed by atoms with Gasteiger partial charge < -0.3 is 4.74 Å². The lowest BCUT2D eigenvalue weighted by Gasteiger charge is -2.09. The van der Waals surface area contributed by atoms with Crippen LogP contribution in [0.15, 0.2) is 6.20 Å². The standard InChI is InChI=1S/C8H10ClF3N4O/c9-5-4-14-7(16-13)15-6(5)17-3-1-2-8(10,11)12/h4H,1-3,13H2,(H,14,15,16). The molecule has 17 heavy (non-hydrogen) atoms. The van der Waals surface area contributed by atoms with E-state index in [4.69, 9.17) is 22.2 Å². The van der Waals surface area contributed by atoms with Crippen LogP contribution in [0.5, 0.6) is 5.88 Å². The number of hydrazine groups is 1. The maximum Gasteiger partial charge on any atom is 0.389 e. The van der Waals surface area contributed by atoms with E-state index in [2.05, 4.69) is 15.4 Å². The molecule has 0 amide bonds. The molecule has 0 aliphatic heterocycles. The van der Waals surface area contributed by atoms with Gasteiger partial charge in [-0.3, -0.25) is 5.43 Å². The van der Waals surface area contributed by atoms with Crippen LogP contribution in [0.3, 0.4) is 0 Å². The van der Waals surface area contributed by atoms with Gasteiger partial charge in [0.05, 0.1) is 12.8 Å². The molecule has 96 valence electrons.